The van der Waals surface area contributed by atoms with Gasteiger partial charge in [-0.2, -0.15) is 5.10 Å². The number of nitrogens with one attached hydrogen (secondary N) is 1. The van der Waals surface area contributed by atoms with Crippen LogP contribution in [-0.2, 0) is 6.54 Å². The topological polar surface area (TPSA) is 50.2 Å². The predicted octanol–water partition coefficient (Wildman–Crippen LogP) is 5.30. The quantitative estimate of drug-likeness (QED) is 0.606. The van der Waals surface area contributed by atoms with Gasteiger partial charge in [-0.05, 0) is 56.0 Å². The van der Waals surface area contributed by atoms with Crippen molar-refractivity contribution >= 4 is 28.9 Å². The van der Waals surface area contributed by atoms with Crippen LogP contribution in [0.1, 0.15) is 40.5 Å². The molecular weight excluding hydrogens is 396 g/mol. The average molecular weight is 423 g/mol. The third-order valence-corrected chi connectivity index (χ3v) is 6.04. The molecule has 2 heterocycles. The maximum Gasteiger partial charge on any atom is 0.260 e. The monoisotopic (exact) mass is 422 g/mol. The molecule has 156 valence electrons. The number of benzene rings is 2. The van der Waals surface area contributed by atoms with Gasteiger partial charge >= 0.3 is 0 Å². The average Bonchev–Trinajstić information content (AvgIpc) is 3.27. The van der Waals surface area contributed by atoms with Gasteiger partial charge in [-0.15, -0.1) is 0 Å². The number of hydrogen-bond donors (Lipinski definition) is 1. The summed E-state index contributed by atoms with van der Waals surface area (Å²) < 4.78 is 1.67. The van der Waals surface area contributed by atoms with E-state index in [0.717, 1.165) is 30.3 Å². The van der Waals surface area contributed by atoms with Gasteiger partial charge in [-0.25, -0.2) is 4.68 Å². The van der Waals surface area contributed by atoms with Crippen LogP contribution in [0.15, 0.2) is 48.5 Å². The highest BCUT2D eigenvalue weighted by atomic mass is 35.5. The Labute approximate surface area is 182 Å². The van der Waals surface area contributed by atoms with E-state index >= 15 is 0 Å². The highest BCUT2D eigenvalue weighted by Crippen LogP contribution is 2.26. The first kappa shape index (κ1) is 20.5. The molecule has 30 heavy (non-hydrogen) atoms. The highest BCUT2D eigenvalue weighted by molar-refractivity contribution is 6.33. The summed E-state index contributed by atoms with van der Waals surface area (Å²) in [5.74, 6) is 0.487. The molecule has 0 saturated carbocycles. The molecule has 0 spiro atoms. The van der Waals surface area contributed by atoms with Crippen LogP contribution in [0.4, 0.5) is 11.4 Å². The SMILES string of the molecule is Cc1ccc(Cn2nc(C)c(C(=O)Nc3ccc(N4CCC(C)C4)cc3)c2Cl)cc1. The Balaban J connectivity index is 1.47. The molecule has 0 aliphatic carbocycles. The lowest BCUT2D eigenvalue weighted by Gasteiger charge is -2.18. The van der Waals surface area contributed by atoms with Crippen LogP contribution in [0.5, 0.6) is 0 Å². The molecule has 0 radical (unpaired) electrons. The van der Waals surface area contributed by atoms with E-state index in [0.29, 0.717) is 23.0 Å². The van der Waals surface area contributed by atoms with Crippen LogP contribution < -0.4 is 10.2 Å². The zero-order valence-corrected chi connectivity index (χ0v) is 18.4. The summed E-state index contributed by atoms with van der Waals surface area (Å²) in [6.45, 7) is 8.83. The minimum absolute atomic E-state index is 0.241. The molecule has 1 aliphatic rings. The van der Waals surface area contributed by atoms with Gasteiger partial charge in [0.2, 0.25) is 0 Å². The van der Waals surface area contributed by atoms with E-state index in [1.807, 2.05) is 31.2 Å². The highest BCUT2D eigenvalue weighted by Gasteiger charge is 2.21. The Morgan fingerprint density at radius 1 is 1.13 bits per heavy atom. The minimum atomic E-state index is -0.241. The molecule has 0 bridgehead atoms. The van der Waals surface area contributed by atoms with Gasteiger partial charge < -0.3 is 10.2 Å². The maximum atomic E-state index is 12.9. The fraction of sp³-hybridized carbons (Fsp3) is 0.333. The number of halogens is 1. The lowest BCUT2D eigenvalue weighted by atomic mass is 10.1. The van der Waals surface area contributed by atoms with Crippen molar-refractivity contribution in [1.29, 1.82) is 0 Å². The summed E-state index contributed by atoms with van der Waals surface area (Å²) in [7, 11) is 0. The van der Waals surface area contributed by atoms with E-state index in [-0.39, 0.29) is 5.91 Å². The molecule has 1 amide bonds. The van der Waals surface area contributed by atoms with Crippen molar-refractivity contribution in [2.75, 3.05) is 23.3 Å². The van der Waals surface area contributed by atoms with Gasteiger partial charge in [-0.1, -0.05) is 48.4 Å². The second kappa shape index (κ2) is 8.52. The van der Waals surface area contributed by atoms with Crippen molar-refractivity contribution in [3.05, 3.63) is 76.1 Å². The second-order valence-electron chi connectivity index (χ2n) is 8.24. The number of anilines is 2. The first-order chi connectivity index (χ1) is 14.4. The molecule has 5 nitrogen and oxygen atoms in total. The molecule has 1 unspecified atom stereocenters. The number of nitrogens with zero attached hydrogens (tertiary/aromatic N) is 3. The number of rotatable bonds is 5. The molecule has 1 atom stereocenters. The van der Waals surface area contributed by atoms with Crippen molar-refractivity contribution in [2.45, 2.75) is 33.7 Å². The number of carbonyl (C=O) groups is 1. The third-order valence-electron chi connectivity index (χ3n) is 5.66. The summed E-state index contributed by atoms with van der Waals surface area (Å²) >= 11 is 6.53. The molecule has 3 aromatic rings. The van der Waals surface area contributed by atoms with E-state index in [1.165, 1.54) is 17.7 Å². The zero-order valence-electron chi connectivity index (χ0n) is 17.7. The standard InChI is InChI=1S/C24H27ClN4O/c1-16-4-6-19(7-5-16)15-29-23(25)22(18(3)27-29)24(30)26-20-8-10-21(11-9-20)28-13-12-17(2)14-28/h4-11,17H,12-15H2,1-3H3,(H,26,30). The lowest BCUT2D eigenvalue weighted by Crippen LogP contribution is -2.19. The van der Waals surface area contributed by atoms with Gasteiger partial charge in [0.1, 0.15) is 5.15 Å². The zero-order chi connectivity index (χ0) is 21.3. The fourth-order valence-corrected chi connectivity index (χ4v) is 4.22. The van der Waals surface area contributed by atoms with Crippen molar-refractivity contribution in [2.24, 2.45) is 5.92 Å². The van der Waals surface area contributed by atoms with Gasteiger partial charge in [0, 0.05) is 24.5 Å². The Kier molecular flexibility index (Phi) is 5.82. The first-order valence-corrected chi connectivity index (χ1v) is 10.7. The lowest BCUT2D eigenvalue weighted by molar-refractivity contribution is 0.102. The van der Waals surface area contributed by atoms with E-state index in [9.17, 15) is 4.79 Å². The Hall–Kier alpha value is -2.79. The number of carbonyl (C=O) groups excluding carboxylic acids is 1. The molecule has 1 N–H and O–H groups in total. The summed E-state index contributed by atoms with van der Waals surface area (Å²) in [5, 5.41) is 7.79. The summed E-state index contributed by atoms with van der Waals surface area (Å²) in [5.41, 5.74) is 5.26. The third kappa shape index (κ3) is 4.36. The largest absolute Gasteiger partial charge is 0.371 e. The Bertz CT molecular complexity index is 1040. The van der Waals surface area contributed by atoms with Crippen LogP contribution in [0, 0.1) is 19.8 Å². The fourth-order valence-electron chi connectivity index (χ4n) is 3.90. The molecule has 1 fully saturated rings. The van der Waals surface area contributed by atoms with Crippen molar-refractivity contribution in [3.63, 3.8) is 0 Å². The van der Waals surface area contributed by atoms with Gasteiger partial charge in [0.05, 0.1) is 17.8 Å². The maximum absolute atomic E-state index is 12.9. The molecule has 1 aromatic heterocycles. The molecule has 2 aromatic carbocycles. The van der Waals surface area contributed by atoms with Crippen LogP contribution >= 0.6 is 11.6 Å². The number of aryl methyl sites for hydroxylation is 2. The van der Waals surface area contributed by atoms with Crippen LogP contribution in [0.2, 0.25) is 5.15 Å². The normalized spacial score (nSPS) is 16.1. The first-order valence-electron chi connectivity index (χ1n) is 10.4. The number of aromatic nitrogens is 2. The van der Waals surface area contributed by atoms with Gasteiger partial charge in [0.15, 0.2) is 0 Å². The summed E-state index contributed by atoms with van der Waals surface area (Å²) in [6, 6.07) is 16.2. The smallest absolute Gasteiger partial charge is 0.260 e. The van der Waals surface area contributed by atoms with Crippen LogP contribution in [0.25, 0.3) is 0 Å². The molecular formula is C24H27ClN4O. The minimum Gasteiger partial charge on any atom is -0.371 e. The van der Waals surface area contributed by atoms with Gasteiger partial charge in [0.25, 0.3) is 5.91 Å². The van der Waals surface area contributed by atoms with Crippen molar-refractivity contribution in [3.8, 4) is 0 Å². The molecule has 4 rings (SSSR count). The summed E-state index contributed by atoms with van der Waals surface area (Å²) in [6.07, 6.45) is 1.23. The van der Waals surface area contributed by atoms with E-state index in [2.05, 4.69) is 53.4 Å². The Morgan fingerprint density at radius 3 is 2.47 bits per heavy atom. The second-order valence-corrected chi connectivity index (χ2v) is 8.59. The van der Waals surface area contributed by atoms with Crippen LogP contribution in [0.3, 0.4) is 0 Å². The molecule has 1 aliphatic heterocycles. The molecule has 6 heteroatoms. The van der Waals surface area contributed by atoms with E-state index < -0.39 is 0 Å². The van der Waals surface area contributed by atoms with Gasteiger partial charge in [-0.3, -0.25) is 4.79 Å². The van der Waals surface area contributed by atoms with E-state index in [4.69, 9.17) is 11.6 Å². The molecule has 1 saturated heterocycles. The number of hydrogen-bond acceptors (Lipinski definition) is 3. The number of amides is 1. The summed E-state index contributed by atoms with van der Waals surface area (Å²) in [4.78, 5) is 15.3. The van der Waals surface area contributed by atoms with E-state index in [1.54, 1.807) is 4.68 Å². The Morgan fingerprint density at radius 2 is 1.83 bits per heavy atom. The predicted molar refractivity (Wildman–Crippen MR) is 123 cm³/mol. The van der Waals surface area contributed by atoms with Crippen LogP contribution in [-0.4, -0.2) is 28.8 Å². The van der Waals surface area contributed by atoms with Crippen molar-refractivity contribution < 1.29 is 4.79 Å². The van der Waals surface area contributed by atoms with Crippen molar-refractivity contribution in [1.82, 2.24) is 9.78 Å².